The number of hydrogen-bond acceptors (Lipinski definition) is 3. The number of carbonyl (C=O) groups excluding carboxylic acids is 1. The smallest absolute Gasteiger partial charge is 0.261 e. The fraction of sp³-hybridized carbons (Fsp3) is 0.409. The number of piperidine rings is 1. The van der Waals surface area contributed by atoms with E-state index in [0.29, 0.717) is 17.3 Å². The van der Waals surface area contributed by atoms with Crippen LogP contribution in [0, 0.1) is 0 Å². The van der Waals surface area contributed by atoms with Gasteiger partial charge in [-0.1, -0.05) is 42.3 Å². The Labute approximate surface area is 166 Å². The van der Waals surface area contributed by atoms with Crippen LogP contribution in [0.4, 0.5) is 0 Å². The van der Waals surface area contributed by atoms with E-state index < -0.39 is 6.10 Å². The average Bonchev–Trinajstić information content (AvgIpc) is 2.69. The van der Waals surface area contributed by atoms with Gasteiger partial charge in [-0.05, 0) is 68.2 Å². The molecular formula is C22H27ClN2O2. The number of ether oxygens (including phenoxy) is 1. The molecule has 27 heavy (non-hydrogen) atoms. The SMILES string of the molecule is CC(Oc1ccc(Cl)cc1)C(=O)NCc1cccc(CN2CCCCC2)c1. The van der Waals surface area contributed by atoms with Crippen LogP contribution in [0.15, 0.2) is 48.5 Å². The number of rotatable bonds is 7. The van der Waals surface area contributed by atoms with Gasteiger partial charge in [-0.15, -0.1) is 0 Å². The Morgan fingerprint density at radius 2 is 1.81 bits per heavy atom. The summed E-state index contributed by atoms with van der Waals surface area (Å²) in [6, 6.07) is 15.5. The second-order valence-electron chi connectivity index (χ2n) is 7.09. The normalized spacial score (nSPS) is 15.9. The number of halogens is 1. The van der Waals surface area contributed by atoms with Crippen LogP contribution in [0.1, 0.15) is 37.3 Å². The zero-order chi connectivity index (χ0) is 19.1. The fourth-order valence-corrected chi connectivity index (χ4v) is 3.44. The van der Waals surface area contributed by atoms with E-state index in [1.165, 1.54) is 37.9 Å². The van der Waals surface area contributed by atoms with Gasteiger partial charge in [0.2, 0.25) is 0 Å². The van der Waals surface area contributed by atoms with Crippen LogP contribution in [0.3, 0.4) is 0 Å². The molecular weight excluding hydrogens is 360 g/mol. The van der Waals surface area contributed by atoms with Crippen LogP contribution >= 0.6 is 11.6 Å². The van der Waals surface area contributed by atoms with Crippen molar-refractivity contribution in [2.75, 3.05) is 13.1 Å². The van der Waals surface area contributed by atoms with Crippen molar-refractivity contribution in [3.8, 4) is 5.75 Å². The molecule has 0 bridgehead atoms. The lowest BCUT2D eigenvalue weighted by Gasteiger charge is -2.26. The van der Waals surface area contributed by atoms with Crippen LogP contribution in [0.2, 0.25) is 5.02 Å². The molecule has 0 saturated carbocycles. The maximum atomic E-state index is 12.3. The predicted octanol–water partition coefficient (Wildman–Crippen LogP) is 4.41. The topological polar surface area (TPSA) is 41.6 Å². The first-order valence-electron chi connectivity index (χ1n) is 9.60. The zero-order valence-corrected chi connectivity index (χ0v) is 16.5. The highest BCUT2D eigenvalue weighted by atomic mass is 35.5. The maximum Gasteiger partial charge on any atom is 0.261 e. The summed E-state index contributed by atoms with van der Waals surface area (Å²) < 4.78 is 5.67. The molecule has 1 unspecified atom stereocenters. The van der Waals surface area contributed by atoms with Crippen molar-refractivity contribution in [1.82, 2.24) is 10.2 Å². The Hall–Kier alpha value is -2.04. The lowest BCUT2D eigenvalue weighted by atomic mass is 10.1. The molecule has 4 nitrogen and oxygen atoms in total. The van der Waals surface area contributed by atoms with Gasteiger partial charge in [0.05, 0.1) is 0 Å². The van der Waals surface area contributed by atoms with Gasteiger partial charge >= 0.3 is 0 Å². The number of carbonyl (C=O) groups is 1. The van der Waals surface area contributed by atoms with E-state index in [2.05, 4.69) is 28.4 Å². The molecule has 2 aromatic rings. The number of hydrogen-bond donors (Lipinski definition) is 1. The number of benzene rings is 2. The Morgan fingerprint density at radius 3 is 2.56 bits per heavy atom. The molecule has 1 heterocycles. The van der Waals surface area contributed by atoms with E-state index in [1.807, 2.05) is 6.07 Å². The minimum Gasteiger partial charge on any atom is -0.481 e. The van der Waals surface area contributed by atoms with Crippen molar-refractivity contribution in [1.29, 1.82) is 0 Å². The molecule has 1 N–H and O–H groups in total. The first-order valence-corrected chi connectivity index (χ1v) is 9.98. The molecule has 0 aromatic heterocycles. The van der Waals surface area contributed by atoms with Gasteiger partial charge in [-0.25, -0.2) is 0 Å². The Morgan fingerprint density at radius 1 is 1.11 bits per heavy atom. The van der Waals surface area contributed by atoms with Gasteiger partial charge < -0.3 is 10.1 Å². The van der Waals surface area contributed by atoms with Crippen molar-refractivity contribution in [2.24, 2.45) is 0 Å². The molecule has 5 heteroatoms. The van der Waals surface area contributed by atoms with Crippen LogP contribution in [-0.4, -0.2) is 30.0 Å². The summed E-state index contributed by atoms with van der Waals surface area (Å²) in [5, 5.41) is 3.60. The maximum absolute atomic E-state index is 12.3. The van der Waals surface area contributed by atoms with E-state index in [4.69, 9.17) is 16.3 Å². The van der Waals surface area contributed by atoms with Crippen molar-refractivity contribution >= 4 is 17.5 Å². The molecule has 1 aliphatic heterocycles. The standard InChI is InChI=1S/C22H27ClN2O2/c1-17(27-21-10-8-20(23)9-11-21)22(26)24-15-18-6-5-7-19(14-18)16-25-12-3-2-4-13-25/h5-11,14,17H,2-4,12-13,15-16H2,1H3,(H,24,26). The summed E-state index contributed by atoms with van der Waals surface area (Å²) in [6.07, 6.45) is 3.36. The number of nitrogens with one attached hydrogen (secondary N) is 1. The number of likely N-dealkylation sites (tertiary alicyclic amines) is 1. The summed E-state index contributed by atoms with van der Waals surface area (Å²) in [5.41, 5.74) is 2.41. The van der Waals surface area contributed by atoms with E-state index >= 15 is 0 Å². The molecule has 1 saturated heterocycles. The molecule has 1 amide bonds. The Balaban J connectivity index is 1.49. The summed E-state index contributed by atoms with van der Waals surface area (Å²) in [4.78, 5) is 14.8. The summed E-state index contributed by atoms with van der Waals surface area (Å²) in [7, 11) is 0. The molecule has 0 spiro atoms. The second kappa shape index (κ2) is 9.77. The monoisotopic (exact) mass is 386 g/mol. The lowest BCUT2D eigenvalue weighted by molar-refractivity contribution is -0.127. The van der Waals surface area contributed by atoms with Crippen LogP contribution in [-0.2, 0) is 17.9 Å². The van der Waals surface area contributed by atoms with Crippen LogP contribution in [0.25, 0.3) is 0 Å². The minimum atomic E-state index is -0.567. The van der Waals surface area contributed by atoms with Gasteiger partial charge in [-0.2, -0.15) is 0 Å². The van der Waals surface area contributed by atoms with E-state index in [9.17, 15) is 4.79 Å². The molecule has 0 aliphatic carbocycles. The molecule has 144 valence electrons. The first kappa shape index (κ1) is 19.7. The van der Waals surface area contributed by atoms with Gasteiger partial charge in [0.15, 0.2) is 6.10 Å². The van der Waals surface area contributed by atoms with Crippen molar-refractivity contribution in [3.05, 3.63) is 64.7 Å². The second-order valence-corrected chi connectivity index (χ2v) is 7.52. The summed E-state index contributed by atoms with van der Waals surface area (Å²) in [6.45, 7) is 5.59. The van der Waals surface area contributed by atoms with Crippen LogP contribution < -0.4 is 10.1 Å². The van der Waals surface area contributed by atoms with Gasteiger partial charge in [0.25, 0.3) is 5.91 Å². The van der Waals surface area contributed by atoms with Crippen molar-refractivity contribution in [3.63, 3.8) is 0 Å². The van der Waals surface area contributed by atoms with Crippen molar-refractivity contribution in [2.45, 2.75) is 45.4 Å². The molecule has 2 aromatic carbocycles. The van der Waals surface area contributed by atoms with Crippen LogP contribution in [0.5, 0.6) is 5.75 Å². The lowest BCUT2D eigenvalue weighted by Crippen LogP contribution is -2.35. The third kappa shape index (κ3) is 6.26. The van der Waals surface area contributed by atoms with Gasteiger partial charge in [-0.3, -0.25) is 9.69 Å². The van der Waals surface area contributed by atoms with E-state index in [1.54, 1.807) is 31.2 Å². The third-order valence-corrected chi connectivity index (χ3v) is 5.06. The third-order valence-electron chi connectivity index (χ3n) is 4.81. The Kier molecular flexibility index (Phi) is 7.13. The summed E-state index contributed by atoms with van der Waals surface area (Å²) in [5.74, 6) is 0.497. The molecule has 0 radical (unpaired) electrons. The molecule has 3 rings (SSSR count). The van der Waals surface area contributed by atoms with Gasteiger partial charge in [0, 0.05) is 18.1 Å². The molecule has 1 aliphatic rings. The fourth-order valence-electron chi connectivity index (χ4n) is 3.32. The highest BCUT2D eigenvalue weighted by Gasteiger charge is 2.15. The summed E-state index contributed by atoms with van der Waals surface area (Å²) >= 11 is 5.86. The van der Waals surface area contributed by atoms with E-state index in [0.717, 1.165) is 12.1 Å². The zero-order valence-electron chi connectivity index (χ0n) is 15.8. The largest absolute Gasteiger partial charge is 0.481 e. The highest BCUT2D eigenvalue weighted by molar-refractivity contribution is 6.30. The number of nitrogens with zero attached hydrogens (tertiary/aromatic N) is 1. The van der Waals surface area contributed by atoms with Gasteiger partial charge in [0.1, 0.15) is 5.75 Å². The van der Waals surface area contributed by atoms with Crippen molar-refractivity contribution < 1.29 is 9.53 Å². The Bertz CT molecular complexity index is 742. The molecule has 1 atom stereocenters. The first-order chi connectivity index (χ1) is 13.1. The van der Waals surface area contributed by atoms with E-state index in [-0.39, 0.29) is 5.91 Å². The minimum absolute atomic E-state index is 0.133. The average molecular weight is 387 g/mol. The number of amides is 1. The molecule has 1 fully saturated rings. The predicted molar refractivity (Wildman–Crippen MR) is 109 cm³/mol. The quantitative estimate of drug-likeness (QED) is 0.766. The highest BCUT2D eigenvalue weighted by Crippen LogP contribution is 2.17.